The minimum atomic E-state index is -0.744. The summed E-state index contributed by atoms with van der Waals surface area (Å²) in [5.74, 6) is 2.40. The van der Waals surface area contributed by atoms with Gasteiger partial charge in [-0.1, -0.05) is 6.07 Å². The highest BCUT2D eigenvalue weighted by Gasteiger charge is 2.23. The third-order valence-corrected chi connectivity index (χ3v) is 7.71. The molecule has 6 rings (SSSR count). The van der Waals surface area contributed by atoms with E-state index in [9.17, 15) is 9.59 Å². The van der Waals surface area contributed by atoms with Crippen molar-refractivity contribution >= 4 is 44.0 Å². The molecule has 10 heteroatoms. The molecule has 1 atom stereocenters. The van der Waals surface area contributed by atoms with Gasteiger partial charge in [0.2, 0.25) is 0 Å². The summed E-state index contributed by atoms with van der Waals surface area (Å²) in [6.07, 6.45) is 1.60. The summed E-state index contributed by atoms with van der Waals surface area (Å²) >= 11 is 0. The Morgan fingerprint density at radius 3 is 2.37 bits per heavy atom. The van der Waals surface area contributed by atoms with Gasteiger partial charge >= 0.3 is 0 Å². The number of nitrogens with zero attached hydrogens (tertiary/aromatic N) is 2. The second-order valence-corrected chi connectivity index (χ2v) is 10.1. The largest absolute Gasteiger partial charge is 0.493 e. The molecule has 0 fully saturated rings. The first-order valence-corrected chi connectivity index (χ1v) is 13.8. The molecule has 3 aromatic carbocycles. The molecule has 220 valence electrons. The minimum Gasteiger partial charge on any atom is -0.493 e. The van der Waals surface area contributed by atoms with Gasteiger partial charge in [0.25, 0.3) is 11.5 Å². The molecule has 0 aliphatic heterocycles. The van der Waals surface area contributed by atoms with Crippen LogP contribution in [0.2, 0.25) is 0 Å². The van der Waals surface area contributed by atoms with Gasteiger partial charge < -0.3 is 29.0 Å². The molecule has 0 aliphatic carbocycles. The SMILES string of the molecule is COc1ccc(CCNC(=O)C(C)Oc2ccc3c(c2)c2ccnc4c5ccc(OC)c(OC)c5c(=O)n3c24)cc1OC. The second-order valence-electron chi connectivity index (χ2n) is 10.1. The van der Waals surface area contributed by atoms with E-state index in [1.807, 2.05) is 42.5 Å². The molecule has 1 N–H and O–H groups in total. The fourth-order valence-corrected chi connectivity index (χ4v) is 5.64. The van der Waals surface area contributed by atoms with Gasteiger partial charge in [0, 0.05) is 28.9 Å². The maximum atomic E-state index is 13.9. The third kappa shape index (κ3) is 4.64. The van der Waals surface area contributed by atoms with E-state index in [0.29, 0.717) is 69.0 Å². The van der Waals surface area contributed by atoms with Crippen LogP contribution in [0, 0.1) is 0 Å². The van der Waals surface area contributed by atoms with Crippen molar-refractivity contribution in [3.63, 3.8) is 0 Å². The Labute approximate surface area is 247 Å². The van der Waals surface area contributed by atoms with Crippen molar-refractivity contribution in [1.29, 1.82) is 0 Å². The lowest BCUT2D eigenvalue weighted by atomic mass is 10.1. The smallest absolute Gasteiger partial charge is 0.267 e. The lowest BCUT2D eigenvalue weighted by Gasteiger charge is -2.15. The van der Waals surface area contributed by atoms with E-state index >= 15 is 0 Å². The molecule has 0 bridgehead atoms. The van der Waals surface area contributed by atoms with Crippen molar-refractivity contribution in [3.8, 4) is 28.7 Å². The second kappa shape index (κ2) is 11.2. The first kappa shape index (κ1) is 27.9. The summed E-state index contributed by atoms with van der Waals surface area (Å²) in [6, 6.07) is 16.6. The Bertz CT molecular complexity index is 2050. The Kier molecular flexibility index (Phi) is 7.27. The van der Waals surface area contributed by atoms with Gasteiger partial charge in [0.05, 0.1) is 50.4 Å². The first-order chi connectivity index (χ1) is 20.9. The van der Waals surface area contributed by atoms with Crippen LogP contribution in [0.15, 0.2) is 65.6 Å². The normalized spacial score (nSPS) is 12.1. The summed E-state index contributed by atoms with van der Waals surface area (Å²) in [7, 11) is 6.23. The molecule has 3 heterocycles. The first-order valence-electron chi connectivity index (χ1n) is 13.8. The number of carbonyl (C=O) groups excluding carboxylic acids is 1. The van der Waals surface area contributed by atoms with Gasteiger partial charge in [-0.2, -0.15) is 0 Å². The van der Waals surface area contributed by atoms with Crippen LogP contribution in [-0.2, 0) is 11.2 Å². The summed E-state index contributed by atoms with van der Waals surface area (Å²) in [5, 5.41) is 5.67. The topological polar surface area (TPSA) is 110 Å². The fraction of sp³-hybridized carbons (Fsp3) is 0.242. The van der Waals surface area contributed by atoms with Crippen molar-refractivity contribution in [2.75, 3.05) is 35.0 Å². The molecule has 0 aliphatic rings. The van der Waals surface area contributed by atoms with Crippen LogP contribution < -0.4 is 34.6 Å². The maximum absolute atomic E-state index is 13.9. The lowest BCUT2D eigenvalue weighted by Crippen LogP contribution is -2.37. The molecule has 6 aromatic rings. The van der Waals surface area contributed by atoms with Crippen molar-refractivity contribution < 1.29 is 28.5 Å². The zero-order valence-corrected chi connectivity index (χ0v) is 24.5. The van der Waals surface area contributed by atoms with Crippen molar-refractivity contribution in [2.45, 2.75) is 19.4 Å². The Balaban J connectivity index is 1.28. The minimum absolute atomic E-state index is 0.234. The Hall–Kier alpha value is -5.25. The van der Waals surface area contributed by atoms with Crippen molar-refractivity contribution in [1.82, 2.24) is 14.7 Å². The fourth-order valence-electron chi connectivity index (χ4n) is 5.64. The van der Waals surface area contributed by atoms with E-state index in [0.717, 1.165) is 16.3 Å². The van der Waals surface area contributed by atoms with Gasteiger partial charge in [-0.15, -0.1) is 0 Å². The highest BCUT2D eigenvalue weighted by molar-refractivity contribution is 6.19. The molecule has 0 saturated carbocycles. The van der Waals surface area contributed by atoms with Crippen molar-refractivity contribution in [3.05, 3.63) is 76.7 Å². The average molecular weight is 582 g/mol. The number of carbonyl (C=O) groups is 1. The van der Waals surface area contributed by atoms with E-state index < -0.39 is 6.10 Å². The van der Waals surface area contributed by atoms with Crippen LogP contribution in [0.5, 0.6) is 28.7 Å². The number of hydrogen-bond acceptors (Lipinski definition) is 8. The molecule has 3 aromatic heterocycles. The van der Waals surface area contributed by atoms with Crippen LogP contribution in [0.3, 0.4) is 0 Å². The number of ether oxygens (including phenoxy) is 5. The predicted octanol–water partition coefficient (Wildman–Crippen LogP) is 4.75. The number of methoxy groups -OCH3 is 4. The quantitative estimate of drug-likeness (QED) is 0.231. The Morgan fingerprint density at radius 1 is 0.860 bits per heavy atom. The van der Waals surface area contributed by atoms with E-state index in [-0.39, 0.29) is 11.5 Å². The summed E-state index contributed by atoms with van der Waals surface area (Å²) in [4.78, 5) is 31.4. The third-order valence-electron chi connectivity index (χ3n) is 7.71. The summed E-state index contributed by atoms with van der Waals surface area (Å²) in [5.41, 5.74) is 2.85. The number of benzene rings is 3. The van der Waals surface area contributed by atoms with Gasteiger partial charge in [0.1, 0.15) is 5.75 Å². The lowest BCUT2D eigenvalue weighted by molar-refractivity contribution is -0.127. The van der Waals surface area contributed by atoms with E-state index in [2.05, 4.69) is 10.3 Å². The number of nitrogens with one attached hydrogen (secondary N) is 1. The monoisotopic (exact) mass is 581 g/mol. The molecule has 0 saturated heterocycles. The van der Waals surface area contributed by atoms with E-state index in [1.165, 1.54) is 14.2 Å². The summed E-state index contributed by atoms with van der Waals surface area (Å²) in [6.45, 7) is 2.14. The molecular weight excluding hydrogens is 550 g/mol. The summed E-state index contributed by atoms with van der Waals surface area (Å²) < 4.78 is 29.4. The van der Waals surface area contributed by atoms with Gasteiger partial charge in [0.15, 0.2) is 29.1 Å². The number of fused-ring (bicyclic) bond motifs is 5. The number of rotatable bonds is 10. The average Bonchev–Trinajstić information content (AvgIpc) is 3.37. The zero-order valence-electron chi connectivity index (χ0n) is 24.5. The number of aromatic nitrogens is 2. The Morgan fingerprint density at radius 2 is 1.63 bits per heavy atom. The predicted molar refractivity (Wildman–Crippen MR) is 165 cm³/mol. The number of hydrogen-bond donors (Lipinski definition) is 1. The number of amides is 1. The van der Waals surface area contributed by atoms with Gasteiger partial charge in [-0.05, 0) is 67.4 Å². The standard InChI is InChI=1S/C33H31N3O7/c1-18(32(37)35-14-12-19-6-10-25(39-2)27(16-19)41-4)43-20-7-9-24-23(17-20)21-13-15-34-29-22-8-11-26(40-3)31(42-5)28(22)33(38)36(24)30(21)29/h6-11,13,15-18H,12,14H2,1-5H3,(H,35,37). The van der Waals surface area contributed by atoms with Crippen LogP contribution in [-0.4, -0.2) is 56.4 Å². The van der Waals surface area contributed by atoms with E-state index in [4.69, 9.17) is 23.7 Å². The van der Waals surface area contributed by atoms with Crippen molar-refractivity contribution in [2.24, 2.45) is 0 Å². The molecule has 1 amide bonds. The molecule has 0 spiro atoms. The van der Waals surface area contributed by atoms with Gasteiger partial charge in [-0.3, -0.25) is 19.0 Å². The zero-order chi connectivity index (χ0) is 30.2. The highest BCUT2D eigenvalue weighted by atomic mass is 16.5. The van der Waals surface area contributed by atoms with E-state index in [1.54, 1.807) is 43.9 Å². The van der Waals surface area contributed by atoms with Crippen LogP contribution in [0.25, 0.3) is 38.1 Å². The van der Waals surface area contributed by atoms with Crippen LogP contribution in [0.4, 0.5) is 0 Å². The molecule has 10 nitrogen and oxygen atoms in total. The van der Waals surface area contributed by atoms with Crippen LogP contribution in [0.1, 0.15) is 12.5 Å². The highest BCUT2D eigenvalue weighted by Crippen LogP contribution is 2.39. The maximum Gasteiger partial charge on any atom is 0.267 e. The molecule has 0 radical (unpaired) electrons. The van der Waals surface area contributed by atoms with Crippen LogP contribution >= 0.6 is 0 Å². The molecular formula is C33H31N3O7. The molecule has 1 unspecified atom stereocenters. The number of pyridine rings is 2. The van der Waals surface area contributed by atoms with Gasteiger partial charge in [-0.25, -0.2) is 0 Å². The molecule has 43 heavy (non-hydrogen) atoms.